The zero-order chi connectivity index (χ0) is 22.7. The van der Waals surface area contributed by atoms with E-state index in [0.29, 0.717) is 35.4 Å². The van der Waals surface area contributed by atoms with Crippen LogP contribution >= 0.6 is 0 Å². The maximum atomic E-state index is 12.3. The Morgan fingerprint density at radius 2 is 1.69 bits per heavy atom. The summed E-state index contributed by atoms with van der Waals surface area (Å²) in [5.74, 6) is 2.22. The van der Waals surface area contributed by atoms with E-state index < -0.39 is 0 Å². The van der Waals surface area contributed by atoms with Crippen LogP contribution in [0.4, 0.5) is 5.69 Å². The summed E-state index contributed by atoms with van der Waals surface area (Å²) in [7, 11) is 0. The Kier molecular flexibility index (Phi) is 5.98. The second kappa shape index (κ2) is 9.01. The topological polar surface area (TPSA) is 81.9 Å². The number of nitrogens with one attached hydrogen (secondary N) is 1. The largest absolute Gasteiger partial charge is 0.439 e. The molecule has 7 nitrogen and oxygen atoms in total. The van der Waals surface area contributed by atoms with Gasteiger partial charge in [0.2, 0.25) is 11.8 Å². The van der Waals surface area contributed by atoms with Crippen LogP contribution in [0.1, 0.15) is 28.3 Å². The maximum Gasteiger partial charge on any atom is 0.228 e. The standard InChI is InChI=1S/C25H25N5O2/c1-16-17(2)29-30(18(16)3)23-15-25(27-19(4)26-23)32-22-12-10-21(11-13-22)28-24(31)14-20-8-6-5-7-9-20/h5-13,15H,14H2,1-4H3,(H,28,31). The average molecular weight is 428 g/mol. The number of hydrogen-bond donors (Lipinski definition) is 1. The highest BCUT2D eigenvalue weighted by Crippen LogP contribution is 2.24. The molecule has 0 atom stereocenters. The van der Waals surface area contributed by atoms with E-state index in [4.69, 9.17) is 4.74 Å². The molecule has 0 spiro atoms. The lowest BCUT2D eigenvalue weighted by Gasteiger charge is -2.10. The zero-order valence-corrected chi connectivity index (χ0v) is 18.6. The molecule has 4 rings (SSSR count). The lowest BCUT2D eigenvalue weighted by molar-refractivity contribution is -0.115. The van der Waals surface area contributed by atoms with Gasteiger partial charge in [-0.2, -0.15) is 10.1 Å². The first-order chi connectivity index (χ1) is 15.4. The zero-order valence-electron chi connectivity index (χ0n) is 18.6. The summed E-state index contributed by atoms with van der Waals surface area (Å²) in [6.07, 6.45) is 0.327. The number of carbonyl (C=O) groups excluding carboxylic acids is 1. The molecule has 0 saturated heterocycles. The predicted molar refractivity (Wildman–Crippen MR) is 123 cm³/mol. The van der Waals surface area contributed by atoms with E-state index >= 15 is 0 Å². The van der Waals surface area contributed by atoms with Crippen molar-refractivity contribution in [3.8, 4) is 17.4 Å². The van der Waals surface area contributed by atoms with Gasteiger partial charge in [0.25, 0.3) is 0 Å². The maximum absolute atomic E-state index is 12.3. The molecule has 0 bridgehead atoms. The van der Waals surface area contributed by atoms with E-state index in [1.54, 1.807) is 35.0 Å². The number of ether oxygens (including phenoxy) is 1. The van der Waals surface area contributed by atoms with Gasteiger partial charge in [0, 0.05) is 17.4 Å². The van der Waals surface area contributed by atoms with Crippen LogP contribution in [-0.4, -0.2) is 25.7 Å². The summed E-state index contributed by atoms with van der Waals surface area (Å²) in [5.41, 5.74) is 4.80. The summed E-state index contributed by atoms with van der Waals surface area (Å²) in [5, 5.41) is 7.47. The Morgan fingerprint density at radius 1 is 0.969 bits per heavy atom. The van der Waals surface area contributed by atoms with E-state index in [9.17, 15) is 4.79 Å². The number of benzene rings is 2. The highest BCUT2D eigenvalue weighted by Gasteiger charge is 2.13. The van der Waals surface area contributed by atoms with E-state index in [0.717, 1.165) is 22.5 Å². The second-order valence-electron chi connectivity index (χ2n) is 7.66. The van der Waals surface area contributed by atoms with Gasteiger partial charge in [0.15, 0.2) is 5.82 Å². The molecule has 1 amide bonds. The van der Waals surface area contributed by atoms with Crippen molar-refractivity contribution in [2.75, 3.05) is 5.32 Å². The van der Waals surface area contributed by atoms with E-state index in [2.05, 4.69) is 20.4 Å². The van der Waals surface area contributed by atoms with Gasteiger partial charge in [-0.3, -0.25) is 4.79 Å². The van der Waals surface area contributed by atoms with Crippen LogP contribution in [0.15, 0.2) is 60.7 Å². The third-order valence-corrected chi connectivity index (χ3v) is 5.24. The van der Waals surface area contributed by atoms with Gasteiger partial charge < -0.3 is 10.1 Å². The summed E-state index contributed by atoms with van der Waals surface area (Å²) >= 11 is 0. The molecule has 32 heavy (non-hydrogen) atoms. The molecule has 7 heteroatoms. The molecule has 162 valence electrons. The van der Waals surface area contributed by atoms with Gasteiger partial charge in [-0.1, -0.05) is 30.3 Å². The first-order valence-corrected chi connectivity index (χ1v) is 10.4. The summed E-state index contributed by atoms with van der Waals surface area (Å²) in [6, 6.07) is 18.6. The molecule has 2 heterocycles. The summed E-state index contributed by atoms with van der Waals surface area (Å²) in [4.78, 5) is 21.1. The average Bonchev–Trinajstić information content (AvgIpc) is 3.03. The fraction of sp³-hybridized carbons (Fsp3) is 0.200. The summed E-state index contributed by atoms with van der Waals surface area (Å²) in [6.45, 7) is 7.85. The predicted octanol–water partition coefficient (Wildman–Crippen LogP) is 4.87. The Bertz CT molecular complexity index is 1250. The molecule has 0 aliphatic rings. The van der Waals surface area contributed by atoms with Crippen molar-refractivity contribution in [3.05, 3.63) is 89.0 Å². The third-order valence-electron chi connectivity index (χ3n) is 5.24. The summed E-state index contributed by atoms with van der Waals surface area (Å²) < 4.78 is 7.75. The molecule has 0 aliphatic carbocycles. The molecule has 2 aromatic carbocycles. The molecular formula is C25H25N5O2. The molecule has 0 aliphatic heterocycles. The Morgan fingerprint density at radius 3 is 2.34 bits per heavy atom. The van der Waals surface area contributed by atoms with Gasteiger partial charge >= 0.3 is 0 Å². The Balaban J connectivity index is 1.46. The van der Waals surface area contributed by atoms with Gasteiger partial charge in [-0.25, -0.2) is 9.67 Å². The van der Waals surface area contributed by atoms with Crippen molar-refractivity contribution in [3.63, 3.8) is 0 Å². The van der Waals surface area contributed by atoms with Crippen molar-refractivity contribution in [1.29, 1.82) is 0 Å². The number of rotatable bonds is 6. The minimum atomic E-state index is -0.0684. The number of nitrogens with zero attached hydrogens (tertiary/aromatic N) is 4. The van der Waals surface area contributed by atoms with Crippen molar-refractivity contribution >= 4 is 11.6 Å². The molecule has 0 radical (unpaired) electrons. The van der Waals surface area contributed by atoms with Gasteiger partial charge in [0.05, 0.1) is 12.1 Å². The van der Waals surface area contributed by atoms with Gasteiger partial charge in [-0.05, 0) is 63.1 Å². The monoisotopic (exact) mass is 427 g/mol. The van der Waals surface area contributed by atoms with Crippen molar-refractivity contribution in [2.45, 2.75) is 34.1 Å². The normalized spacial score (nSPS) is 10.8. The number of aromatic nitrogens is 4. The molecule has 0 fully saturated rings. The quantitative estimate of drug-likeness (QED) is 0.475. The lowest BCUT2D eigenvalue weighted by Crippen LogP contribution is -2.14. The van der Waals surface area contributed by atoms with Crippen molar-refractivity contribution < 1.29 is 9.53 Å². The second-order valence-corrected chi connectivity index (χ2v) is 7.66. The first kappa shape index (κ1) is 21.2. The SMILES string of the molecule is Cc1nc(Oc2ccc(NC(=O)Cc3ccccc3)cc2)cc(-n2nc(C)c(C)c2C)n1. The van der Waals surface area contributed by atoms with Crippen LogP contribution in [-0.2, 0) is 11.2 Å². The van der Waals surface area contributed by atoms with Crippen LogP contribution < -0.4 is 10.1 Å². The fourth-order valence-corrected chi connectivity index (χ4v) is 3.34. The number of amides is 1. The van der Waals surface area contributed by atoms with Gasteiger partial charge in [-0.15, -0.1) is 0 Å². The van der Waals surface area contributed by atoms with E-state index in [1.807, 2.05) is 58.0 Å². The smallest absolute Gasteiger partial charge is 0.228 e. The molecule has 4 aromatic rings. The van der Waals surface area contributed by atoms with Crippen LogP contribution in [0.25, 0.3) is 5.82 Å². The molecule has 1 N–H and O–H groups in total. The first-order valence-electron chi connectivity index (χ1n) is 10.4. The number of hydrogen-bond acceptors (Lipinski definition) is 5. The highest BCUT2D eigenvalue weighted by molar-refractivity contribution is 5.92. The van der Waals surface area contributed by atoms with E-state index in [1.165, 1.54) is 0 Å². The van der Waals surface area contributed by atoms with Crippen molar-refractivity contribution in [1.82, 2.24) is 19.7 Å². The number of carbonyl (C=O) groups is 1. The highest BCUT2D eigenvalue weighted by atomic mass is 16.5. The van der Waals surface area contributed by atoms with Gasteiger partial charge in [0.1, 0.15) is 11.6 Å². The fourth-order valence-electron chi connectivity index (χ4n) is 3.34. The lowest BCUT2D eigenvalue weighted by atomic mass is 10.1. The number of anilines is 1. The minimum absolute atomic E-state index is 0.0684. The Labute approximate surface area is 187 Å². The van der Waals surface area contributed by atoms with Crippen molar-refractivity contribution in [2.24, 2.45) is 0 Å². The van der Waals surface area contributed by atoms with Crippen LogP contribution in [0.2, 0.25) is 0 Å². The van der Waals surface area contributed by atoms with Crippen LogP contribution in [0, 0.1) is 27.7 Å². The molecule has 2 aromatic heterocycles. The molecule has 0 saturated carbocycles. The third kappa shape index (κ3) is 4.83. The number of aryl methyl sites for hydroxylation is 2. The molecule has 0 unspecified atom stereocenters. The minimum Gasteiger partial charge on any atom is -0.439 e. The molecular weight excluding hydrogens is 402 g/mol. The van der Waals surface area contributed by atoms with E-state index in [-0.39, 0.29) is 5.91 Å². The van der Waals surface area contributed by atoms with Crippen LogP contribution in [0.3, 0.4) is 0 Å². The van der Waals surface area contributed by atoms with Crippen LogP contribution in [0.5, 0.6) is 11.6 Å². The Hall–Kier alpha value is -4.00.